The van der Waals surface area contributed by atoms with Crippen molar-refractivity contribution in [1.29, 1.82) is 0 Å². The van der Waals surface area contributed by atoms with Crippen LogP contribution in [0.3, 0.4) is 0 Å². The smallest absolute Gasteiger partial charge is 0.319 e. The number of anilines is 2. The summed E-state index contributed by atoms with van der Waals surface area (Å²) in [5.74, 6) is -0.231. The van der Waals surface area contributed by atoms with Crippen LogP contribution in [0.5, 0.6) is 0 Å². The number of nitrogens with one attached hydrogen (secondary N) is 2. The molecular weight excluding hydrogens is 461 g/mol. The Morgan fingerprint density at radius 3 is 2.32 bits per heavy atom. The standard InChI is InChI=1S/C23H30FN5O4S/c1-16(30)25-18-4-5-20-17(12-18)13-19(34(32,33)26-23(15-24)6-7-23)14-21(20)28-8-10-29(11-9-28)22(31)27(2)3/h4-5,12-14,26H,6-11,15H2,1-3H3,(H,25,30). The lowest BCUT2D eigenvalue weighted by Gasteiger charge is -2.37. The predicted octanol–water partition coefficient (Wildman–Crippen LogP) is 2.38. The molecule has 0 atom stereocenters. The number of carbonyl (C=O) groups is 2. The first-order valence-corrected chi connectivity index (χ1v) is 12.7. The van der Waals surface area contributed by atoms with Crippen LogP contribution in [0.1, 0.15) is 19.8 Å². The SMILES string of the molecule is CC(=O)Nc1ccc2c(N3CCN(C(=O)N(C)C)CC3)cc(S(=O)(=O)NC3(CF)CC3)cc2c1. The molecule has 4 rings (SSSR count). The van der Waals surface area contributed by atoms with Crippen LogP contribution in [-0.2, 0) is 14.8 Å². The van der Waals surface area contributed by atoms with Gasteiger partial charge in [0.2, 0.25) is 15.9 Å². The van der Waals surface area contributed by atoms with Crippen molar-refractivity contribution in [2.24, 2.45) is 0 Å². The van der Waals surface area contributed by atoms with E-state index < -0.39 is 22.2 Å². The minimum atomic E-state index is -3.97. The van der Waals surface area contributed by atoms with Crippen molar-refractivity contribution in [3.05, 3.63) is 30.3 Å². The predicted molar refractivity (Wildman–Crippen MR) is 129 cm³/mol. The van der Waals surface area contributed by atoms with E-state index in [0.29, 0.717) is 55.8 Å². The molecule has 3 amide bonds. The maximum Gasteiger partial charge on any atom is 0.319 e. The highest BCUT2D eigenvalue weighted by Crippen LogP contribution is 2.39. The number of urea groups is 1. The Bertz CT molecular complexity index is 1220. The number of sulfonamides is 1. The Labute approximate surface area is 198 Å². The van der Waals surface area contributed by atoms with Crippen molar-refractivity contribution in [3.8, 4) is 0 Å². The van der Waals surface area contributed by atoms with Gasteiger partial charge in [-0.2, -0.15) is 0 Å². The third kappa shape index (κ3) is 4.95. The number of hydrogen-bond donors (Lipinski definition) is 2. The Balaban J connectivity index is 1.72. The highest BCUT2D eigenvalue weighted by Gasteiger charge is 2.46. The Morgan fingerprint density at radius 1 is 1.09 bits per heavy atom. The van der Waals surface area contributed by atoms with E-state index in [-0.39, 0.29) is 16.8 Å². The molecule has 34 heavy (non-hydrogen) atoms. The van der Waals surface area contributed by atoms with Crippen molar-refractivity contribution in [1.82, 2.24) is 14.5 Å². The number of alkyl halides is 1. The van der Waals surface area contributed by atoms with E-state index in [0.717, 1.165) is 5.39 Å². The van der Waals surface area contributed by atoms with E-state index in [1.165, 1.54) is 11.8 Å². The van der Waals surface area contributed by atoms with Crippen LogP contribution >= 0.6 is 0 Å². The van der Waals surface area contributed by atoms with Crippen LogP contribution in [0.4, 0.5) is 20.6 Å². The van der Waals surface area contributed by atoms with Crippen LogP contribution < -0.4 is 14.9 Å². The number of hydrogen-bond acceptors (Lipinski definition) is 5. The first-order valence-electron chi connectivity index (χ1n) is 11.2. The number of amides is 3. The quantitative estimate of drug-likeness (QED) is 0.646. The molecule has 2 aliphatic rings. The molecule has 1 aliphatic carbocycles. The molecule has 0 spiro atoms. The number of carbonyl (C=O) groups excluding carboxylic acids is 2. The van der Waals surface area contributed by atoms with Crippen molar-refractivity contribution in [3.63, 3.8) is 0 Å². The van der Waals surface area contributed by atoms with Gasteiger partial charge in [-0.15, -0.1) is 0 Å². The van der Waals surface area contributed by atoms with E-state index in [4.69, 9.17) is 0 Å². The van der Waals surface area contributed by atoms with Crippen LogP contribution in [0.2, 0.25) is 0 Å². The van der Waals surface area contributed by atoms with E-state index in [9.17, 15) is 22.4 Å². The highest BCUT2D eigenvalue weighted by atomic mass is 32.2. The van der Waals surface area contributed by atoms with Gasteiger partial charge in [0.05, 0.1) is 10.4 Å². The fourth-order valence-electron chi connectivity index (χ4n) is 4.20. The molecule has 2 fully saturated rings. The average Bonchev–Trinajstić information content (AvgIpc) is 3.56. The number of fused-ring (bicyclic) bond motifs is 1. The number of piperazine rings is 1. The second-order valence-corrected chi connectivity index (χ2v) is 10.9. The van der Waals surface area contributed by atoms with Gasteiger partial charge in [0.25, 0.3) is 0 Å². The zero-order chi connectivity index (χ0) is 24.7. The Hall–Kier alpha value is -2.92. The van der Waals surface area contributed by atoms with Crippen LogP contribution in [0, 0.1) is 0 Å². The molecule has 11 heteroatoms. The fourth-order valence-corrected chi connectivity index (χ4v) is 5.70. The summed E-state index contributed by atoms with van der Waals surface area (Å²) in [4.78, 5) is 29.2. The molecule has 1 aliphatic heterocycles. The maximum atomic E-state index is 13.4. The maximum absolute atomic E-state index is 13.4. The van der Waals surface area contributed by atoms with Gasteiger partial charge in [-0.25, -0.2) is 22.3 Å². The summed E-state index contributed by atoms with van der Waals surface area (Å²) in [6.07, 6.45) is 0.940. The molecule has 2 aromatic rings. The van der Waals surface area contributed by atoms with Gasteiger partial charge in [-0.1, -0.05) is 6.07 Å². The minimum Gasteiger partial charge on any atom is -0.367 e. The summed E-state index contributed by atoms with van der Waals surface area (Å²) >= 11 is 0. The van der Waals surface area contributed by atoms with E-state index in [2.05, 4.69) is 14.9 Å². The molecule has 2 N–H and O–H groups in total. The van der Waals surface area contributed by atoms with Gasteiger partial charge < -0.3 is 20.0 Å². The molecule has 0 unspecified atom stereocenters. The summed E-state index contributed by atoms with van der Waals surface area (Å²) in [6, 6.07) is 8.45. The van der Waals surface area contributed by atoms with Gasteiger partial charge in [-0.05, 0) is 42.5 Å². The van der Waals surface area contributed by atoms with Crippen molar-refractivity contribution in [2.75, 3.05) is 57.2 Å². The molecule has 1 saturated heterocycles. The number of halogens is 1. The molecule has 0 bridgehead atoms. The third-order valence-electron chi connectivity index (χ3n) is 6.27. The molecular formula is C23H30FN5O4S. The summed E-state index contributed by atoms with van der Waals surface area (Å²) < 4.78 is 42.3. The molecule has 184 valence electrons. The lowest BCUT2D eigenvalue weighted by Crippen LogP contribution is -2.51. The van der Waals surface area contributed by atoms with Crippen LogP contribution in [-0.4, -0.2) is 82.6 Å². The van der Waals surface area contributed by atoms with Gasteiger partial charge in [-0.3, -0.25) is 4.79 Å². The normalized spacial score (nSPS) is 17.5. The van der Waals surface area contributed by atoms with Crippen molar-refractivity contribution >= 4 is 44.1 Å². The monoisotopic (exact) mass is 491 g/mol. The summed E-state index contributed by atoms with van der Waals surface area (Å²) in [6.45, 7) is 2.73. The van der Waals surface area contributed by atoms with Crippen molar-refractivity contribution in [2.45, 2.75) is 30.2 Å². The van der Waals surface area contributed by atoms with Gasteiger partial charge in [0.15, 0.2) is 0 Å². The Morgan fingerprint density at radius 2 is 1.76 bits per heavy atom. The largest absolute Gasteiger partial charge is 0.367 e. The molecule has 0 radical (unpaired) electrons. The zero-order valence-electron chi connectivity index (χ0n) is 19.6. The molecule has 9 nitrogen and oxygen atoms in total. The minimum absolute atomic E-state index is 0.0431. The van der Waals surface area contributed by atoms with E-state index >= 15 is 0 Å². The van der Waals surface area contributed by atoms with Crippen LogP contribution in [0.25, 0.3) is 10.8 Å². The van der Waals surface area contributed by atoms with E-state index in [1.807, 2.05) is 6.07 Å². The van der Waals surface area contributed by atoms with Crippen LogP contribution in [0.15, 0.2) is 35.2 Å². The van der Waals surface area contributed by atoms with Gasteiger partial charge in [0.1, 0.15) is 6.67 Å². The molecule has 2 aromatic carbocycles. The third-order valence-corrected chi connectivity index (χ3v) is 7.83. The fraction of sp³-hybridized carbons (Fsp3) is 0.478. The second-order valence-electron chi connectivity index (χ2n) is 9.23. The average molecular weight is 492 g/mol. The van der Waals surface area contributed by atoms with Crippen molar-refractivity contribution < 1.29 is 22.4 Å². The first kappa shape index (κ1) is 24.2. The summed E-state index contributed by atoms with van der Waals surface area (Å²) in [5, 5.41) is 4.19. The lowest BCUT2D eigenvalue weighted by atomic mass is 10.1. The summed E-state index contributed by atoms with van der Waals surface area (Å²) in [5.41, 5.74) is 0.260. The number of nitrogens with zero attached hydrogens (tertiary/aromatic N) is 3. The number of rotatable bonds is 6. The molecule has 0 aromatic heterocycles. The number of benzene rings is 2. The second kappa shape index (κ2) is 9.03. The lowest BCUT2D eigenvalue weighted by molar-refractivity contribution is -0.114. The zero-order valence-corrected chi connectivity index (χ0v) is 20.4. The topological polar surface area (TPSA) is 102 Å². The summed E-state index contributed by atoms with van der Waals surface area (Å²) in [7, 11) is -0.550. The van der Waals surface area contributed by atoms with Gasteiger partial charge in [0, 0.05) is 64.0 Å². The van der Waals surface area contributed by atoms with E-state index in [1.54, 1.807) is 43.3 Å². The Kier molecular flexibility index (Phi) is 6.43. The highest BCUT2D eigenvalue weighted by molar-refractivity contribution is 7.89. The molecule has 1 heterocycles. The molecule has 1 saturated carbocycles. The van der Waals surface area contributed by atoms with Gasteiger partial charge >= 0.3 is 6.03 Å². The first-order chi connectivity index (χ1) is 16.0.